The number of carbonyl (C=O) groups excluding carboxylic acids is 1. The second kappa shape index (κ2) is 4.70. The maximum absolute atomic E-state index is 11.0. The van der Waals surface area contributed by atoms with Gasteiger partial charge in [0.1, 0.15) is 5.69 Å². The lowest BCUT2D eigenvalue weighted by Gasteiger charge is -2.03. The number of hydrogen-bond donors (Lipinski definition) is 1. The molecule has 2 N–H and O–H groups in total. The van der Waals surface area contributed by atoms with Crippen molar-refractivity contribution in [3.8, 4) is 11.9 Å². The Balaban J connectivity index is 2.07. The van der Waals surface area contributed by atoms with Crippen LogP contribution in [0, 0.1) is 0 Å². The van der Waals surface area contributed by atoms with Gasteiger partial charge >= 0.3 is 0 Å². The summed E-state index contributed by atoms with van der Waals surface area (Å²) in [5.41, 5.74) is 5.23. The minimum atomic E-state index is -0.642. The lowest BCUT2D eigenvalue weighted by molar-refractivity contribution is 0.0995. The maximum atomic E-state index is 11.0. The van der Waals surface area contributed by atoms with E-state index in [0.29, 0.717) is 0 Å². The van der Waals surface area contributed by atoms with Crippen LogP contribution in [0.15, 0.2) is 30.7 Å². The van der Waals surface area contributed by atoms with Crippen molar-refractivity contribution >= 4 is 17.5 Å². The molecule has 0 aliphatic rings. The monoisotopic (exact) mass is 290 g/mol. The molecule has 0 unspecified atom stereocenters. The SMILES string of the molecule is NC(=O)c1ccn(-c2nc(Cl)nc(-n3cccn3)n2)n1. The third-order valence-electron chi connectivity index (χ3n) is 2.34. The molecule has 3 aromatic rings. The van der Waals surface area contributed by atoms with Crippen molar-refractivity contribution < 1.29 is 4.79 Å². The maximum Gasteiger partial charge on any atom is 0.269 e. The van der Waals surface area contributed by atoms with E-state index in [9.17, 15) is 4.79 Å². The minimum Gasteiger partial charge on any atom is -0.364 e. The molecule has 0 aliphatic carbocycles. The largest absolute Gasteiger partial charge is 0.364 e. The molecule has 10 heteroatoms. The molecule has 3 rings (SSSR count). The van der Waals surface area contributed by atoms with Crippen molar-refractivity contribution in [1.82, 2.24) is 34.5 Å². The Morgan fingerprint density at radius 2 is 1.90 bits per heavy atom. The van der Waals surface area contributed by atoms with Crippen LogP contribution < -0.4 is 5.73 Å². The van der Waals surface area contributed by atoms with Crippen molar-refractivity contribution in [1.29, 1.82) is 0 Å². The summed E-state index contributed by atoms with van der Waals surface area (Å²) in [5.74, 6) is -0.250. The standard InChI is InChI=1S/C10H7ClN8O/c11-8-14-9(18-4-1-3-13-18)16-10(15-8)19-5-2-6(17-19)7(12)20/h1-5H,(H2,12,20). The van der Waals surface area contributed by atoms with Gasteiger partial charge in [0.2, 0.25) is 5.28 Å². The van der Waals surface area contributed by atoms with Crippen LogP contribution >= 0.6 is 11.6 Å². The number of amides is 1. The predicted molar refractivity (Wildman–Crippen MR) is 67.6 cm³/mol. The number of aromatic nitrogens is 7. The number of nitrogens with two attached hydrogens (primary N) is 1. The van der Waals surface area contributed by atoms with Crippen LogP contribution in [0.1, 0.15) is 10.5 Å². The number of halogens is 1. The molecule has 0 radical (unpaired) electrons. The topological polar surface area (TPSA) is 117 Å². The highest BCUT2D eigenvalue weighted by molar-refractivity contribution is 6.28. The van der Waals surface area contributed by atoms with E-state index in [0.717, 1.165) is 0 Å². The van der Waals surface area contributed by atoms with E-state index in [1.165, 1.54) is 21.6 Å². The quantitative estimate of drug-likeness (QED) is 0.725. The first-order valence-electron chi connectivity index (χ1n) is 5.41. The lowest BCUT2D eigenvalue weighted by Crippen LogP contribution is -2.13. The van der Waals surface area contributed by atoms with Crippen molar-refractivity contribution in [3.05, 3.63) is 41.7 Å². The van der Waals surface area contributed by atoms with Gasteiger partial charge in [-0.2, -0.15) is 25.1 Å². The van der Waals surface area contributed by atoms with E-state index < -0.39 is 5.91 Å². The zero-order valence-electron chi connectivity index (χ0n) is 9.88. The number of hydrogen-bond acceptors (Lipinski definition) is 6. The van der Waals surface area contributed by atoms with Crippen molar-refractivity contribution in [2.75, 3.05) is 0 Å². The molecule has 1 amide bonds. The van der Waals surface area contributed by atoms with Crippen molar-refractivity contribution in [2.45, 2.75) is 0 Å². The number of primary amides is 1. The fraction of sp³-hybridized carbons (Fsp3) is 0. The summed E-state index contributed by atoms with van der Waals surface area (Å²) in [6, 6.07) is 3.17. The Hall–Kier alpha value is -2.81. The zero-order valence-corrected chi connectivity index (χ0v) is 10.6. The summed E-state index contributed by atoms with van der Waals surface area (Å²) in [5, 5.41) is 7.92. The Morgan fingerprint density at radius 3 is 2.50 bits per heavy atom. The normalized spacial score (nSPS) is 10.7. The van der Waals surface area contributed by atoms with Gasteiger partial charge in [-0.05, 0) is 23.7 Å². The van der Waals surface area contributed by atoms with Gasteiger partial charge in [0, 0.05) is 18.6 Å². The molecule has 0 saturated heterocycles. The lowest BCUT2D eigenvalue weighted by atomic mass is 10.4. The highest BCUT2D eigenvalue weighted by Crippen LogP contribution is 2.09. The van der Waals surface area contributed by atoms with Gasteiger partial charge in [-0.3, -0.25) is 4.79 Å². The summed E-state index contributed by atoms with van der Waals surface area (Å²) in [7, 11) is 0. The van der Waals surface area contributed by atoms with E-state index in [1.54, 1.807) is 18.5 Å². The molecule has 3 heterocycles. The van der Waals surface area contributed by atoms with Gasteiger partial charge in [-0.15, -0.1) is 0 Å². The van der Waals surface area contributed by atoms with Gasteiger partial charge in [-0.1, -0.05) is 0 Å². The summed E-state index contributed by atoms with van der Waals surface area (Å²) in [6.07, 6.45) is 4.74. The number of nitrogens with zero attached hydrogens (tertiary/aromatic N) is 7. The van der Waals surface area contributed by atoms with E-state index >= 15 is 0 Å². The van der Waals surface area contributed by atoms with E-state index in [1.807, 2.05) is 0 Å². The molecule has 3 aromatic heterocycles. The van der Waals surface area contributed by atoms with Crippen LogP contribution in [0.4, 0.5) is 0 Å². The fourth-order valence-corrected chi connectivity index (χ4v) is 1.64. The molecular formula is C10H7ClN8O. The second-order valence-electron chi connectivity index (χ2n) is 3.66. The van der Waals surface area contributed by atoms with Gasteiger partial charge in [-0.25, -0.2) is 9.36 Å². The van der Waals surface area contributed by atoms with E-state index in [4.69, 9.17) is 17.3 Å². The molecule has 0 bridgehead atoms. The number of carbonyl (C=O) groups is 1. The van der Waals surface area contributed by atoms with Crippen LogP contribution in [0.3, 0.4) is 0 Å². The van der Waals surface area contributed by atoms with Crippen LogP contribution in [-0.2, 0) is 0 Å². The molecule has 9 nitrogen and oxygen atoms in total. The third-order valence-corrected chi connectivity index (χ3v) is 2.51. The first kappa shape index (κ1) is 12.2. The molecule has 0 atom stereocenters. The highest BCUT2D eigenvalue weighted by atomic mass is 35.5. The first-order valence-corrected chi connectivity index (χ1v) is 5.79. The molecule has 0 aromatic carbocycles. The molecule has 20 heavy (non-hydrogen) atoms. The van der Waals surface area contributed by atoms with Crippen LogP contribution in [-0.4, -0.2) is 40.4 Å². The van der Waals surface area contributed by atoms with E-state index in [-0.39, 0.29) is 22.9 Å². The van der Waals surface area contributed by atoms with Gasteiger partial charge < -0.3 is 5.73 Å². The minimum absolute atomic E-state index is 0.0170. The zero-order chi connectivity index (χ0) is 14.1. The average molecular weight is 291 g/mol. The van der Waals surface area contributed by atoms with Gasteiger partial charge in [0.15, 0.2) is 0 Å². The third kappa shape index (κ3) is 2.21. The first-order chi connectivity index (χ1) is 9.63. The summed E-state index contributed by atoms with van der Waals surface area (Å²) < 4.78 is 2.70. The molecule has 100 valence electrons. The summed E-state index contributed by atoms with van der Waals surface area (Å²) in [6.45, 7) is 0. The molecule has 0 aliphatic heterocycles. The van der Waals surface area contributed by atoms with Crippen LogP contribution in [0.5, 0.6) is 0 Å². The fourth-order valence-electron chi connectivity index (χ4n) is 1.49. The van der Waals surface area contributed by atoms with Crippen molar-refractivity contribution in [3.63, 3.8) is 0 Å². The Morgan fingerprint density at radius 1 is 1.15 bits per heavy atom. The molecule has 0 saturated carbocycles. The molecule has 0 fully saturated rings. The average Bonchev–Trinajstić information content (AvgIpc) is 3.10. The molecular weight excluding hydrogens is 284 g/mol. The predicted octanol–water partition coefficient (Wildman–Crippen LogP) is -0.00470. The number of rotatable bonds is 3. The van der Waals surface area contributed by atoms with Gasteiger partial charge in [0.05, 0.1) is 0 Å². The van der Waals surface area contributed by atoms with E-state index in [2.05, 4.69) is 25.1 Å². The smallest absolute Gasteiger partial charge is 0.269 e. The van der Waals surface area contributed by atoms with Crippen LogP contribution in [0.2, 0.25) is 5.28 Å². The molecule has 0 spiro atoms. The highest BCUT2D eigenvalue weighted by Gasteiger charge is 2.11. The van der Waals surface area contributed by atoms with Gasteiger partial charge in [0.25, 0.3) is 17.8 Å². The Bertz CT molecular complexity index is 765. The second-order valence-corrected chi connectivity index (χ2v) is 4.00. The van der Waals surface area contributed by atoms with Crippen LogP contribution in [0.25, 0.3) is 11.9 Å². The van der Waals surface area contributed by atoms with Crippen molar-refractivity contribution in [2.24, 2.45) is 5.73 Å². The Kier molecular flexibility index (Phi) is 2.88. The summed E-state index contributed by atoms with van der Waals surface area (Å²) >= 11 is 5.85. The summed E-state index contributed by atoms with van der Waals surface area (Å²) in [4.78, 5) is 23.1. The Labute approximate surface area is 117 Å².